The predicted molar refractivity (Wildman–Crippen MR) is 242 cm³/mol. The number of halogens is 1. The molecule has 1 atom stereocenters. The number of rotatable bonds is 17. The van der Waals surface area contributed by atoms with Gasteiger partial charge in [-0.05, 0) is 72.1 Å². The minimum atomic E-state index is -0.664. The first kappa shape index (κ1) is 45.7. The average molecular weight is 911 g/mol. The lowest BCUT2D eigenvalue weighted by Crippen LogP contribution is -2.52. The molecule has 3 aromatic carbocycles. The van der Waals surface area contributed by atoms with Gasteiger partial charge in [-0.15, -0.1) is 0 Å². The Bertz CT molecular complexity index is 2740. The fourth-order valence-electron chi connectivity index (χ4n) is 8.26. The van der Waals surface area contributed by atoms with Crippen molar-refractivity contribution >= 4 is 46.6 Å². The van der Waals surface area contributed by atoms with Gasteiger partial charge in [-0.1, -0.05) is 12.1 Å². The number of imide groups is 1. The van der Waals surface area contributed by atoms with Gasteiger partial charge in [0.2, 0.25) is 17.7 Å². The first-order valence-electron chi connectivity index (χ1n) is 21.8. The van der Waals surface area contributed by atoms with Crippen LogP contribution in [0.25, 0.3) is 22.5 Å². The van der Waals surface area contributed by atoms with Crippen LogP contribution >= 0.6 is 0 Å². The van der Waals surface area contributed by atoms with Crippen molar-refractivity contribution in [2.75, 3.05) is 81.8 Å². The zero-order chi connectivity index (χ0) is 46.9. The monoisotopic (exact) mass is 910 g/mol. The maximum absolute atomic E-state index is 14.9. The zero-order valence-electron chi connectivity index (χ0n) is 36.6. The number of hydrogen-bond acceptors (Lipinski definition) is 14. The number of nitrogens with one attached hydrogen (secondary N) is 3. The molecule has 0 bridgehead atoms. The molecule has 3 N–H and O–H groups in total. The second kappa shape index (κ2) is 21.0. The number of benzene rings is 3. The van der Waals surface area contributed by atoms with E-state index in [0.29, 0.717) is 99.1 Å². The third kappa shape index (κ3) is 10.5. The standard InChI is InChI=1S/C48H47FN10O8/c1-65-41-4-2-3-36(49)44(41)45-53-15-12-38(54-45)46(62)55-37-8-5-30(35-28-51-14-11-31(35)27-50)26-40(37)57-17-19-58(20-18-57)43(61)13-21-66-23-24-67-22-16-52-33-6-7-34-32(25-33)29-59(48(34)64)39-9-10-42(60)56-47(39)63/h2-8,11-12,14-15,25-26,28,39,52H,9-10,13,16-24,29H2,1H3,(H,55,62)(H,56,60,63). The summed E-state index contributed by atoms with van der Waals surface area (Å²) in [5.41, 5.74) is 5.10. The van der Waals surface area contributed by atoms with E-state index in [1.807, 2.05) is 18.2 Å². The van der Waals surface area contributed by atoms with Crippen molar-refractivity contribution in [2.45, 2.75) is 31.8 Å². The lowest BCUT2D eigenvalue weighted by atomic mass is 10.0. The van der Waals surface area contributed by atoms with Gasteiger partial charge in [0.05, 0.1) is 68.5 Å². The summed E-state index contributed by atoms with van der Waals surface area (Å²) in [6.07, 6.45) is 5.24. The lowest BCUT2D eigenvalue weighted by Gasteiger charge is -2.37. The Morgan fingerprint density at radius 2 is 1.76 bits per heavy atom. The second-order valence-corrected chi connectivity index (χ2v) is 15.8. The van der Waals surface area contributed by atoms with E-state index in [9.17, 15) is 33.6 Å². The Hall–Kier alpha value is -7.82. The Kier molecular flexibility index (Phi) is 14.3. The molecule has 2 fully saturated rings. The number of hydrogen-bond donors (Lipinski definition) is 3. The molecule has 0 spiro atoms. The third-order valence-electron chi connectivity index (χ3n) is 11.7. The fraction of sp³-hybridized carbons (Fsp3) is 0.312. The third-order valence-corrected chi connectivity index (χ3v) is 11.7. The van der Waals surface area contributed by atoms with Crippen molar-refractivity contribution in [3.8, 4) is 34.3 Å². The van der Waals surface area contributed by atoms with E-state index in [0.717, 1.165) is 11.3 Å². The van der Waals surface area contributed by atoms with Crippen molar-refractivity contribution < 1.29 is 42.6 Å². The normalized spacial score (nSPS) is 15.7. The van der Waals surface area contributed by atoms with Crippen LogP contribution in [0.5, 0.6) is 5.75 Å². The van der Waals surface area contributed by atoms with Gasteiger partial charge in [0, 0.05) is 81.1 Å². The van der Waals surface area contributed by atoms with Crippen molar-refractivity contribution in [1.82, 2.24) is 30.1 Å². The SMILES string of the molecule is COc1cccc(F)c1-c1nccc(C(=O)Nc2ccc(-c3cnccc3C#N)cc2N2CCN(C(=O)CCOCCOCCNc3ccc4c(c3)CN(C3CCC(=O)NC3=O)C4=O)CC2)n1. The van der Waals surface area contributed by atoms with Crippen LogP contribution in [-0.2, 0) is 30.4 Å². The minimum absolute atomic E-state index is 0.000603. The number of amides is 5. The van der Waals surface area contributed by atoms with E-state index in [-0.39, 0.29) is 60.0 Å². The maximum atomic E-state index is 14.9. The van der Waals surface area contributed by atoms with E-state index >= 15 is 0 Å². The summed E-state index contributed by atoms with van der Waals surface area (Å²) >= 11 is 0. The van der Waals surface area contributed by atoms with Crippen LogP contribution in [0.3, 0.4) is 0 Å². The molecule has 5 aromatic rings. The predicted octanol–water partition coefficient (Wildman–Crippen LogP) is 4.42. The largest absolute Gasteiger partial charge is 0.496 e. The van der Waals surface area contributed by atoms with Crippen LogP contribution in [-0.4, -0.2) is 127 Å². The number of ether oxygens (including phenoxy) is 3. The topological polar surface area (TPSA) is 221 Å². The van der Waals surface area contributed by atoms with Gasteiger partial charge in [-0.25, -0.2) is 14.4 Å². The lowest BCUT2D eigenvalue weighted by molar-refractivity contribution is -0.137. The Balaban J connectivity index is 0.799. The van der Waals surface area contributed by atoms with Gasteiger partial charge < -0.3 is 39.5 Å². The fourth-order valence-corrected chi connectivity index (χ4v) is 8.26. The number of nitriles is 1. The highest BCUT2D eigenvalue weighted by atomic mass is 19.1. The quantitative estimate of drug-likeness (QED) is 0.0869. The van der Waals surface area contributed by atoms with Crippen LogP contribution in [0.4, 0.5) is 21.5 Å². The van der Waals surface area contributed by atoms with Crippen LogP contribution in [0.15, 0.2) is 85.3 Å². The molecule has 18 nitrogen and oxygen atoms in total. The summed E-state index contributed by atoms with van der Waals surface area (Å²) in [7, 11) is 1.41. The van der Waals surface area contributed by atoms with Gasteiger partial charge in [0.15, 0.2) is 5.82 Å². The summed E-state index contributed by atoms with van der Waals surface area (Å²) in [6.45, 7) is 3.81. The molecule has 5 amide bonds. The van der Waals surface area contributed by atoms with E-state index < -0.39 is 23.7 Å². The molecule has 0 saturated carbocycles. The Morgan fingerprint density at radius 1 is 0.940 bits per heavy atom. The van der Waals surface area contributed by atoms with Gasteiger partial charge in [0.1, 0.15) is 23.3 Å². The zero-order valence-corrected chi connectivity index (χ0v) is 36.6. The highest BCUT2D eigenvalue weighted by molar-refractivity contribution is 6.06. The molecule has 2 aromatic heterocycles. The molecule has 19 heteroatoms. The summed E-state index contributed by atoms with van der Waals surface area (Å²) in [5, 5.41) is 18.4. The Labute approximate surface area is 385 Å². The molecule has 0 aliphatic carbocycles. The number of fused-ring (bicyclic) bond motifs is 1. The Morgan fingerprint density at radius 3 is 2.55 bits per heavy atom. The van der Waals surface area contributed by atoms with Crippen LogP contribution in [0, 0.1) is 17.1 Å². The number of piperidine rings is 1. The van der Waals surface area contributed by atoms with Crippen molar-refractivity contribution in [3.05, 3.63) is 114 Å². The molecule has 67 heavy (non-hydrogen) atoms. The highest BCUT2D eigenvalue weighted by Crippen LogP contribution is 2.35. The van der Waals surface area contributed by atoms with Gasteiger partial charge in [0.25, 0.3) is 11.8 Å². The molecule has 344 valence electrons. The van der Waals surface area contributed by atoms with Crippen LogP contribution in [0.1, 0.15) is 51.2 Å². The van der Waals surface area contributed by atoms with Crippen molar-refractivity contribution in [3.63, 3.8) is 0 Å². The number of aromatic nitrogens is 3. The van der Waals surface area contributed by atoms with Crippen molar-refractivity contribution in [2.24, 2.45) is 0 Å². The van der Waals surface area contributed by atoms with E-state index in [1.165, 1.54) is 36.4 Å². The molecule has 5 heterocycles. The average Bonchev–Trinajstić information content (AvgIpc) is 3.67. The number of pyridine rings is 1. The first-order valence-corrected chi connectivity index (χ1v) is 21.8. The summed E-state index contributed by atoms with van der Waals surface area (Å²) in [4.78, 5) is 82.0. The first-order chi connectivity index (χ1) is 32.6. The van der Waals surface area contributed by atoms with Gasteiger partial charge in [-0.2, -0.15) is 5.26 Å². The number of piperazine rings is 1. The highest BCUT2D eigenvalue weighted by Gasteiger charge is 2.39. The smallest absolute Gasteiger partial charge is 0.274 e. The molecule has 0 radical (unpaired) electrons. The molecular formula is C48H47FN10O8. The van der Waals surface area contributed by atoms with E-state index in [4.69, 9.17) is 14.2 Å². The number of anilines is 3. The summed E-state index contributed by atoms with van der Waals surface area (Å²) in [5.74, 6) is -1.99. The van der Waals surface area contributed by atoms with Crippen LogP contribution < -0.4 is 25.6 Å². The number of nitrogens with zero attached hydrogens (tertiary/aromatic N) is 7. The summed E-state index contributed by atoms with van der Waals surface area (Å²) in [6, 6.07) is 19.8. The molecule has 3 aliphatic rings. The summed E-state index contributed by atoms with van der Waals surface area (Å²) < 4.78 is 31.6. The molecule has 2 saturated heterocycles. The van der Waals surface area contributed by atoms with E-state index in [2.05, 4.69) is 41.9 Å². The second-order valence-electron chi connectivity index (χ2n) is 15.8. The van der Waals surface area contributed by atoms with Crippen LogP contribution in [0.2, 0.25) is 0 Å². The number of carbonyl (C=O) groups excluding carboxylic acids is 5. The molecule has 3 aliphatic heterocycles. The van der Waals surface area contributed by atoms with Gasteiger partial charge in [-0.3, -0.25) is 34.3 Å². The molecular weight excluding hydrogens is 864 g/mol. The van der Waals surface area contributed by atoms with E-state index in [1.54, 1.807) is 47.6 Å². The minimum Gasteiger partial charge on any atom is -0.496 e. The number of carbonyl (C=O) groups is 5. The van der Waals surface area contributed by atoms with Gasteiger partial charge >= 0.3 is 0 Å². The molecule has 1 unspecified atom stereocenters. The maximum Gasteiger partial charge on any atom is 0.274 e. The van der Waals surface area contributed by atoms with Crippen molar-refractivity contribution in [1.29, 1.82) is 5.26 Å². The number of methoxy groups -OCH3 is 1. The molecule has 8 rings (SSSR count).